The fraction of sp³-hybridized carbons (Fsp3) is 0.375. The Bertz CT molecular complexity index is 1080. The molecule has 0 bridgehead atoms. The van der Waals surface area contributed by atoms with Crippen molar-refractivity contribution in [2.45, 2.75) is 31.8 Å². The largest absolute Gasteiger partial charge is 0.497 e. The average molecular weight is 435 g/mol. The number of hydrogen-bond acceptors (Lipinski definition) is 6. The molecule has 31 heavy (non-hydrogen) atoms. The monoisotopic (exact) mass is 434 g/mol. The number of methoxy groups -OCH3 is 1. The van der Waals surface area contributed by atoms with Gasteiger partial charge in [-0.15, -0.1) is 0 Å². The van der Waals surface area contributed by atoms with Crippen molar-refractivity contribution < 1.29 is 9.53 Å². The molecule has 160 valence electrons. The van der Waals surface area contributed by atoms with E-state index in [2.05, 4.69) is 16.0 Å². The lowest BCUT2D eigenvalue weighted by Gasteiger charge is -2.29. The highest BCUT2D eigenvalue weighted by Gasteiger charge is 2.41. The molecular formula is C24H26N4O2S. The molecule has 0 radical (unpaired) electrons. The van der Waals surface area contributed by atoms with E-state index in [0.29, 0.717) is 18.9 Å². The number of anilines is 1. The molecule has 3 heterocycles. The van der Waals surface area contributed by atoms with E-state index in [9.17, 15) is 4.79 Å². The molecule has 1 aromatic carbocycles. The predicted octanol–water partition coefficient (Wildman–Crippen LogP) is 4.01. The minimum absolute atomic E-state index is 0.138. The second-order valence-corrected chi connectivity index (χ2v) is 9.31. The van der Waals surface area contributed by atoms with Crippen molar-refractivity contribution >= 4 is 22.2 Å². The number of amides is 1. The highest BCUT2D eigenvalue weighted by molar-refractivity contribution is 7.19. The minimum atomic E-state index is -0.178. The number of aromatic nitrogens is 2. The van der Waals surface area contributed by atoms with Gasteiger partial charge in [0, 0.05) is 31.8 Å². The van der Waals surface area contributed by atoms with E-state index >= 15 is 0 Å². The molecule has 5 rings (SSSR count). The number of nitrogens with zero attached hydrogens (tertiary/aromatic N) is 4. The fourth-order valence-electron chi connectivity index (χ4n) is 4.09. The smallest absolute Gasteiger partial charge is 0.245 e. The van der Waals surface area contributed by atoms with Crippen molar-refractivity contribution in [3.05, 3.63) is 60.0 Å². The zero-order valence-electron chi connectivity index (χ0n) is 17.8. The topological polar surface area (TPSA) is 58.6 Å². The van der Waals surface area contributed by atoms with Crippen LogP contribution in [0.25, 0.3) is 10.6 Å². The molecule has 0 unspecified atom stereocenters. The summed E-state index contributed by atoms with van der Waals surface area (Å²) >= 11 is 1.69. The standard InChI is InChI=1S/C24H26N4O2S/c1-27(15-18-7-3-4-11-25-18)23(29)21-13-20-24(28(21)14-16-9-10-16)31-22(26-20)17-6-5-8-19(12-17)30-2/h3-8,11-12,16,21H,9-10,13-15H2,1-2H3/t21-/m0/s1. The summed E-state index contributed by atoms with van der Waals surface area (Å²) in [6.45, 7) is 1.45. The highest BCUT2D eigenvalue weighted by atomic mass is 32.1. The van der Waals surface area contributed by atoms with E-state index in [1.807, 2.05) is 43.4 Å². The zero-order chi connectivity index (χ0) is 21.4. The van der Waals surface area contributed by atoms with Crippen LogP contribution in [0.5, 0.6) is 5.75 Å². The van der Waals surface area contributed by atoms with Crippen molar-refractivity contribution in [2.24, 2.45) is 5.92 Å². The van der Waals surface area contributed by atoms with Crippen LogP contribution >= 0.6 is 11.3 Å². The van der Waals surface area contributed by atoms with E-state index < -0.39 is 0 Å². The SMILES string of the molecule is COc1cccc(-c2nc3c(s2)N(CC2CC2)[C@H](C(=O)N(C)Cc2ccccn2)C3)c1. The Morgan fingerprint density at radius 2 is 2.13 bits per heavy atom. The number of carbonyl (C=O) groups is 1. The van der Waals surface area contributed by atoms with Gasteiger partial charge in [0.25, 0.3) is 0 Å². The Morgan fingerprint density at radius 3 is 2.87 bits per heavy atom. The first-order chi connectivity index (χ1) is 15.1. The molecule has 2 aromatic heterocycles. The van der Waals surface area contributed by atoms with Gasteiger partial charge in [-0.3, -0.25) is 9.78 Å². The van der Waals surface area contributed by atoms with Crippen LogP contribution in [0, 0.1) is 5.92 Å². The van der Waals surface area contributed by atoms with E-state index in [-0.39, 0.29) is 11.9 Å². The van der Waals surface area contributed by atoms with Crippen LogP contribution in [0.3, 0.4) is 0 Å². The first-order valence-electron chi connectivity index (χ1n) is 10.7. The van der Waals surface area contributed by atoms with E-state index in [4.69, 9.17) is 9.72 Å². The number of likely N-dealkylation sites (N-methyl/N-ethyl adjacent to an activating group) is 1. The van der Waals surface area contributed by atoms with Crippen LogP contribution in [-0.2, 0) is 17.8 Å². The van der Waals surface area contributed by atoms with E-state index in [1.54, 1.807) is 29.5 Å². The van der Waals surface area contributed by atoms with Gasteiger partial charge in [-0.25, -0.2) is 4.98 Å². The van der Waals surface area contributed by atoms with Gasteiger partial charge in [0.05, 0.1) is 25.0 Å². The number of benzene rings is 1. The first kappa shape index (κ1) is 20.0. The third kappa shape index (κ3) is 4.14. The van der Waals surface area contributed by atoms with Crippen molar-refractivity contribution in [3.63, 3.8) is 0 Å². The lowest BCUT2D eigenvalue weighted by Crippen LogP contribution is -2.46. The number of fused-ring (bicyclic) bond motifs is 1. The lowest BCUT2D eigenvalue weighted by molar-refractivity contribution is -0.131. The molecule has 3 aromatic rings. The second-order valence-electron chi connectivity index (χ2n) is 8.33. The molecule has 1 amide bonds. The van der Waals surface area contributed by atoms with Gasteiger partial charge in [0.15, 0.2) is 0 Å². The van der Waals surface area contributed by atoms with Gasteiger partial charge in [-0.05, 0) is 43.0 Å². The molecule has 0 saturated heterocycles. The summed E-state index contributed by atoms with van der Waals surface area (Å²) in [5.41, 5.74) is 2.99. The quantitative estimate of drug-likeness (QED) is 0.562. The molecule has 1 atom stereocenters. The van der Waals surface area contributed by atoms with Gasteiger partial charge in [0.2, 0.25) is 5.91 Å². The summed E-state index contributed by atoms with van der Waals surface area (Å²) in [7, 11) is 3.55. The number of pyridine rings is 1. The summed E-state index contributed by atoms with van der Waals surface area (Å²) in [6.07, 6.45) is 4.92. The Labute approximate surface area is 186 Å². The zero-order valence-corrected chi connectivity index (χ0v) is 18.6. The molecule has 1 fully saturated rings. The normalized spacial score (nSPS) is 17.5. The molecule has 0 spiro atoms. The summed E-state index contributed by atoms with van der Waals surface area (Å²) in [4.78, 5) is 26.8. The van der Waals surface area contributed by atoms with Crippen LogP contribution < -0.4 is 9.64 Å². The summed E-state index contributed by atoms with van der Waals surface area (Å²) < 4.78 is 5.37. The van der Waals surface area contributed by atoms with E-state index in [1.165, 1.54) is 12.8 Å². The predicted molar refractivity (Wildman–Crippen MR) is 122 cm³/mol. The molecule has 2 aliphatic rings. The number of rotatable bonds is 7. The Kier molecular flexibility index (Phi) is 5.36. The molecule has 0 N–H and O–H groups in total. The molecule has 6 nitrogen and oxygen atoms in total. The number of thiazole rings is 1. The van der Waals surface area contributed by atoms with Crippen LogP contribution in [0.2, 0.25) is 0 Å². The van der Waals surface area contributed by atoms with Crippen molar-refractivity contribution in [1.82, 2.24) is 14.9 Å². The van der Waals surface area contributed by atoms with Crippen molar-refractivity contribution in [3.8, 4) is 16.3 Å². The Hall–Kier alpha value is -2.93. The second kappa shape index (κ2) is 8.30. The van der Waals surface area contributed by atoms with Crippen LogP contribution in [-0.4, -0.2) is 47.5 Å². The van der Waals surface area contributed by atoms with Gasteiger partial charge in [-0.1, -0.05) is 29.5 Å². The maximum absolute atomic E-state index is 13.4. The minimum Gasteiger partial charge on any atom is -0.497 e. The third-order valence-corrected chi connectivity index (χ3v) is 7.14. The third-order valence-electron chi connectivity index (χ3n) is 5.96. The number of ether oxygens (including phenoxy) is 1. The molecule has 7 heteroatoms. The molecule has 1 aliphatic carbocycles. The number of carbonyl (C=O) groups excluding carboxylic acids is 1. The Balaban J connectivity index is 1.38. The van der Waals surface area contributed by atoms with Crippen LogP contribution in [0.1, 0.15) is 24.2 Å². The van der Waals surface area contributed by atoms with Gasteiger partial charge < -0.3 is 14.5 Å². The highest BCUT2D eigenvalue weighted by Crippen LogP contribution is 2.44. The molecule has 1 aliphatic heterocycles. The lowest BCUT2D eigenvalue weighted by atomic mass is 10.1. The maximum Gasteiger partial charge on any atom is 0.245 e. The van der Waals surface area contributed by atoms with Gasteiger partial charge >= 0.3 is 0 Å². The van der Waals surface area contributed by atoms with E-state index in [0.717, 1.165) is 39.3 Å². The summed E-state index contributed by atoms with van der Waals surface area (Å²) in [5, 5.41) is 2.13. The summed E-state index contributed by atoms with van der Waals surface area (Å²) in [5.74, 6) is 1.65. The first-order valence-corrected chi connectivity index (χ1v) is 11.5. The molecular weight excluding hydrogens is 408 g/mol. The maximum atomic E-state index is 13.4. The average Bonchev–Trinajstić information content (AvgIpc) is 3.43. The van der Waals surface area contributed by atoms with Crippen molar-refractivity contribution in [1.29, 1.82) is 0 Å². The number of hydrogen-bond donors (Lipinski definition) is 0. The summed E-state index contributed by atoms with van der Waals surface area (Å²) in [6, 6.07) is 13.6. The van der Waals surface area contributed by atoms with Crippen molar-refractivity contribution in [2.75, 3.05) is 25.6 Å². The van der Waals surface area contributed by atoms with Crippen LogP contribution in [0.4, 0.5) is 5.00 Å². The molecule has 1 saturated carbocycles. The fourth-order valence-corrected chi connectivity index (χ4v) is 5.24. The van der Waals surface area contributed by atoms with Crippen LogP contribution in [0.15, 0.2) is 48.7 Å². The Morgan fingerprint density at radius 1 is 1.26 bits per heavy atom. The van der Waals surface area contributed by atoms with Gasteiger partial charge in [-0.2, -0.15) is 0 Å². The van der Waals surface area contributed by atoms with Gasteiger partial charge in [0.1, 0.15) is 21.8 Å².